The fourth-order valence-corrected chi connectivity index (χ4v) is 7.47. The van der Waals surface area contributed by atoms with Crippen LogP contribution in [-0.2, 0) is 9.84 Å². The molecule has 4 aromatic heterocycles. The van der Waals surface area contributed by atoms with Crippen LogP contribution in [0.5, 0.6) is 6.01 Å². The molecule has 0 saturated carbocycles. The van der Waals surface area contributed by atoms with E-state index in [1.807, 2.05) is 42.5 Å². The van der Waals surface area contributed by atoms with E-state index in [1.165, 1.54) is 4.52 Å². The third-order valence-corrected chi connectivity index (χ3v) is 9.37. The number of nitrogens with two attached hydrogens (primary N) is 1. The number of nitrogens with zero attached hydrogens (tertiary/aromatic N) is 7. The Hall–Kier alpha value is -4.85. The second-order valence-electron chi connectivity index (χ2n) is 10.8. The van der Waals surface area contributed by atoms with Crippen LogP contribution in [0.25, 0.3) is 28.0 Å². The van der Waals surface area contributed by atoms with Gasteiger partial charge in [-0.15, -0.1) is 5.10 Å². The van der Waals surface area contributed by atoms with Crippen molar-refractivity contribution >= 4 is 27.2 Å². The zero-order chi connectivity index (χ0) is 29.2. The molecule has 14 heteroatoms. The number of anilines is 1. The summed E-state index contributed by atoms with van der Waals surface area (Å²) in [6.07, 6.45) is 7.01. The zero-order valence-electron chi connectivity index (χ0n) is 22.5. The second kappa shape index (κ2) is 9.62. The fraction of sp³-hybridized carbons (Fsp3) is 0.286. The van der Waals surface area contributed by atoms with Gasteiger partial charge >= 0.3 is 6.01 Å². The molecule has 2 aliphatic rings. The topological polar surface area (TPSA) is 185 Å². The van der Waals surface area contributed by atoms with Crippen LogP contribution in [0, 0.1) is 0 Å². The van der Waals surface area contributed by atoms with Gasteiger partial charge < -0.3 is 15.7 Å². The number of carbonyl (C=O) groups is 1. The zero-order valence-corrected chi connectivity index (χ0v) is 23.4. The van der Waals surface area contributed by atoms with E-state index in [1.54, 1.807) is 17.3 Å². The number of rotatable bonds is 5. The van der Waals surface area contributed by atoms with Gasteiger partial charge in [0.15, 0.2) is 15.5 Å². The summed E-state index contributed by atoms with van der Waals surface area (Å²) in [5.74, 6) is -0.627. The predicted octanol–water partition coefficient (Wildman–Crippen LogP) is 2.82. The maximum absolute atomic E-state index is 13.2. The Kier molecular flexibility index (Phi) is 5.97. The van der Waals surface area contributed by atoms with Crippen LogP contribution in [0.4, 0.5) is 5.82 Å². The number of aromatic amines is 1. The number of hydrogen-bond donors (Lipinski definition) is 3. The van der Waals surface area contributed by atoms with Crippen LogP contribution >= 0.6 is 0 Å². The lowest BCUT2D eigenvalue weighted by atomic mass is 9.87. The van der Waals surface area contributed by atoms with E-state index < -0.39 is 15.8 Å². The number of sulfone groups is 1. The van der Waals surface area contributed by atoms with Crippen LogP contribution in [0.1, 0.15) is 47.9 Å². The molecule has 2 bridgehead atoms. The van der Waals surface area contributed by atoms with Gasteiger partial charge in [-0.25, -0.2) is 13.4 Å². The number of hydrogen-bond acceptors (Lipinski definition) is 10. The van der Waals surface area contributed by atoms with Crippen LogP contribution < -0.4 is 5.73 Å². The summed E-state index contributed by atoms with van der Waals surface area (Å²) < 4.78 is 27.5. The van der Waals surface area contributed by atoms with Gasteiger partial charge in [0.2, 0.25) is 5.82 Å². The number of pyridine rings is 1. The Morgan fingerprint density at radius 2 is 1.76 bits per heavy atom. The number of nitrogen functional groups attached to an aromatic ring is 1. The molecular weight excluding hydrogens is 558 g/mol. The monoisotopic (exact) mass is 585 g/mol. The van der Waals surface area contributed by atoms with E-state index in [0.29, 0.717) is 29.7 Å². The number of nitrogens with one attached hydrogen (secondary N) is 1. The summed E-state index contributed by atoms with van der Waals surface area (Å²) in [5, 5.41) is 21.2. The molecule has 42 heavy (non-hydrogen) atoms. The number of piperidine rings is 1. The highest BCUT2D eigenvalue weighted by molar-refractivity contribution is 7.91. The standard InChI is InChI=1S/C28H27N9O4S/c1-42(40,41)23-22(17-11-18-8-9-19(12-17)36(18)27(38)25-33-28(39)35-34-25)32-26-20(14-31-37(26)24(23)29)16-7-10-21(30-13-16)15-5-3-2-4-6-15/h2-7,10,13-14,17-19H,8-9,11-12,29H2,1H3,(H2,33,34,35,39)/t17-,18+,19-. The number of H-pyrrole nitrogens is 1. The van der Waals surface area contributed by atoms with Crippen molar-refractivity contribution in [2.24, 2.45) is 0 Å². The Morgan fingerprint density at radius 3 is 2.38 bits per heavy atom. The quantitative estimate of drug-likeness (QED) is 0.277. The molecule has 13 nitrogen and oxygen atoms in total. The van der Waals surface area contributed by atoms with Crippen LogP contribution in [-0.4, -0.2) is 77.4 Å². The molecule has 0 spiro atoms. The molecule has 2 fully saturated rings. The number of fused-ring (bicyclic) bond motifs is 3. The van der Waals surface area contributed by atoms with Gasteiger partial charge in [-0.3, -0.25) is 14.8 Å². The van der Waals surface area contributed by atoms with E-state index in [4.69, 9.17) is 10.7 Å². The van der Waals surface area contributed by atoms with E-state index in [0.717, 1.165) is 35.9 Å². The molecule has 4 N–H and O–H groups in total. The number of amides is 1. The fourth-order valence-electron chi connectivity index (χ4n) is 6.41. The number of carbonyl (C=O) groups excluding carboxylic acids is 1. The summed E-state index contributed by atoms with van der Waals surface area (Å²) in [6, 6.07) is 12.9. The molecule has 6 heterocycles. The van der Waals surface area contributed by atoms with Crippen molar-refractivity contribution < 1.29 is 18.3 Å². The average molecular weight is 586 g/mol. The molecule has 0 aliphatic carbocycles. The van der Waals surface area contributed by atoms with Crippen molar-refractivity contribution in [3.63, 3.8) is 0 Å². The predicted molar refractivity (Wildman–Crippen MR) is 152 cm³/mol. The third kappa shape index (κ3) is 4.26. The Labute approximate surface area is 240 Å². The van der Waals surface area contributed by atoms with E-state index >= 15 is 0 Å². The lowest BCUT2D eigenvalue weighted by Gasteiger charge is -2.38. The Bertz CT molecular complexity index is 1920. The number of benzene rings is 1. The maximum Gasteiger partial charge on any atom is 0.312 e. The minimum absolute atomic E-state index is 0.000558. The first-order valence-electron chi connectivity index (χ1n) is 13.5. The number of aromatic hydroxyl groups is 1. The molecule has 3 atom stereocenters. The molecule has 2 saturated heterocycles. The second-order valence-corrected chi connectivity index (χ2v) is 12.8. The summed E-state index contributed by atoms with van der Waals surface area (Å²) >= 11 is 0. The van der Waals surface area contributed by atoms with Crippen molar-refractivity contribution in [1.29, 1.82) is 0 Å². The van der Waals surface area contributed by atoms with Crippen molar-refractivity contribution in [1.82, 2.24) is 39.7 Å². The van der Waals surface area contributed by atoms with Crippen molar-refractivity contribution in [3.05, 3.63) is 66.4 Å². The van der Waals surface area contributed by atoms with Crippen LogP contribution in [0.2, 0.25) is 0 Å². The SMILES string of the molecule is CS(=O)(=O)c1c([C@H]2C[C@H]3CC[C@@H](C2)N3C(=O)c2nnc(O)[nH]2)nc2c(-c3ccc(-c4ccccc4)nc3)cnn2c1N. The number of aromatic nitrogens is 7. The molecule has 1 aromatic carbocycles. The molecular formula is C28H27N9O4S. The highest BCUT2D eigenvalue weighted by Gasteiger charge is 2.46. The molecule has 7 rings (SSSR count). The molecule has 0 unspecified atom stereocenters. The molecule has 1 amide bonds. The summed E-state index contributed by atoms with van der Waals surface area (Å²) in [7, 11) is -3.77. The maximum atomic E-state index is 13.2. The van der Waals surface area contributed by atoms with Crippen molar-refractivity contribution in [2.45, 2.75) is 48.6 Å². The van der Waals surface area contributed by atoms with Gasteiger partial charge in [0.25, 0.3) is 5.91 Å². The van der Waals surface area contributed by atoms with Gasteiger partial charge in [-0.2, -0.15) is 9.61 Å². The largest absolute Gasteiger partial charge is 0.479 e. The summed E-state index contributed by atoms with van der Waals surface area (Å²) in [6.45, 7) is 0. The minimum atomic E-state index is -3.77. The Balaban J connectivity index is 1.27. The van der Waals surface area contributed by atoms with Gasteiger partial charge in [0.1, 0.15) is 10.7 Å². The lowest BCUT2D eigenvalue weighted by Crippen LogP contribution is -2.46. The summed E-state index contributed by atoms with van der Waals surface area (Å²) in [5.41, 5.74) is 10.6. The summed E-state index contributed by atoms with van der Waals surface area (Å²) in [4.78, 5) is 27.0. The highest BCUT2D eigenvalue weighted by atomic mass is 32.2. The first kappa shape index (κ1) is 26.1. The average Bonchev–Trinajstić information content (AvgIpc) is 3.68. The third-order valence-electron chi connectivity index (χ3n) is 8.21. The highest BCUT2D eigenvalue weighted by Crippen LogP contribution is 2.45. The Morgan fingerprint density at radius 1 is 1.02 bits per heavy atom. The first-order valence-corrected chi connectivity index (χ1v) is 15.4. The lowest BCUT2D eigenvalue weighted by molar-refractivity contribution is 0.0555. The first-order chi connectivity index (χ1) is 20.2. The van der Waals surface area contributed by atoms with Crippen LogP contribution in [0.15, 0.2) is 59.8 Å². The smallest absolute Gasteiger partial charge is 0.312 e. The van der Waals surface area contributed by atoms with Crippen LogP contribution in [0.3, 0.4) is 0 Å². The molecule has 0 radical (unpaired) electrons. The molecule has 2 aliphatic heterocycles. The van der Waals surface area contributed by atoms with E-state index in [-0.39, 0.29) is 40.4 Å². The van der Waals surface area contributed by atoms with Crippen molar-refractivity contribution in [3.8, 4) is 28.4 Å². The van der Waals surface area contributed by atoms with Gasteiger partial charge in [-0.05, 0) is 31.7 Å². The van der Waals surface area contributed by atoms with E-state index in [2.05, 4.69) is 25.3 Å². The van der Waals surface area contributed by atoms with Crippen molar-refractivity contribution in [2.75, 3.05) is 12.0 Å². The molecule has 214 valence electrons. The normalized spacial score (nSPS) is 20.3. The minimum Gasteiger partial charge on any atom is -0.479 e. The molecule has 5 aromatic rings. The van der Waals surface area contributed by atoms with Gasteiger partial charge in [-0.1, -0.05) is 41.5 Å². The van der Waals surface area contributed by atoms with Gasteiger partial charge in [0.05, 0.1) is 17.6 Å². The van der Waals surface area contributed by atoms with Gasteiger partial charge in [0, 0.05) is 47.1 Å². The van der Waals surface area contributed by atoms with E-state index in [9.17, 15) is 18.3 Å².